The molecule has 37 heavy (non-hydrogen) atoms. The molecule has 1 N–H and O–H groups in total. The Morgan fingerprint density at radius 3 is 2.49 bits per heavy atom. The zero-order chi connectivity index (χ0) is 26.0. The second kappa shape index (κ2) is 12.6. The Hall–Kier alpha value is -4.27. The molecule has 0 spiro atoms. The van der Waals surface area contributed by atoms with Gasteiger partial charge in [0.15, 0.2) is 0 Å². The molecule has 9 heteroatoms. The number of nitrogens with one attached hydrogen (secondary N) is 1. The van der Waals surface area contributed by atoms with E-state index in [9.17, 15) is 4.79 Å². The van der Waals surface area contributed by atoms with Gasteiger partial charge < -0.3 is 9.64 Å². The maximum atomic E-state index is 12.0. The summed E-state index contributed by atoms with van der Waals surface area (Å²) >= 11 is 0. The van der Waals surface area contributed by atoms with Crippen molar-refractivity contribution in [1.82, 2.24) is 19.5 Å². The standard InChI is InChI=1S/C28H33N7O2/c1-4-16-34(17-5-2)27-30-26(31-28(32-27)37-18-15-22-11-7-6-8-12-22)33-29-19-23-20-35(21(3)36)25-14-10-9-13-24(23)25/h6-14,19-20H,4-5,15-18H2,1-3H3,(H,30,31,32,33)/b29-19+. The Balaban J connectivity index is 1.56. The lowest BCUT2D eigenvalue weighted by Gasteiger charge is -2.21. The van der Waals surface area contributed by atoms with Crippen molar-refractivity contribution < 1.29 is 9.53 Å². The van der Waals surface area contributed by atoms with E-state index in [4.69, 9.17) is 4.74 Å². The zero-order valence-electron chi connectivity index (χ0n) is 21.6. The highest BCUT2D eigenvalue weighted by atomic mass is 16.5. The number of ether oxygens (including phenoxy) is 1. The van der Waals surface area contributed by atoms with Crippen LogP contribution in [0.25, 0.3) is 10.9 Å². The third-order valence-electron chi connectivity index (χ3n) is 5.79. The van der Waals surface area contributed by atoms with Crippen molar-refractivity contribution in [2.45, 2.75) is 40.0 Å². The fourth-order valence-corrected chi connectivity index (χ4v) is 4.09. The molecule has 0 atom stereocenters. The molecule has 9 nitrogen and oxygen atoms in total. The molecular formula is C28H33N7O2. The summed E-state index contributed by atoms with van der Waals surface area (Å²) < 4.78 is 7.54. The highest BCUT2D eigenvalue weighted by Crippen LogP contribution is 2.20. The molecule has 0 fully saturated rings. The maximum Gasteiger partial charge on any atom is 0.323 e. The molecule has 2 aromatic carbocycles. The van der Waals surface area contributed by atoms with Crippen LogP contribution in [0.15, 0.2) is 65.9 Å². The molecule has 0 bridgehead atoms. The van der Waals surface area contributed by atoms with Gasteiger partial charge in [-0.05, 0) is 24.5 Å². The summed E-state index contributed by atoms with van der Waals surface area (Å²) in [6, 6.07) is 18.1. The predicted octanol–water partition coefficient (Wildman–Crippen LogP) is 5.18. The van der Waals surface area contributed by atoms with Crippen LogP contribution in [0.3, 0.4) is 0 Å². The highest BCUT2D eigenvalue weighted by Gasteiger charge is 2.14. The van der Waals surface area contributed by atoms with Crippen molar-refractivity contribution in [3.05, 3.63) is 71.9 Å². The molecule has 4 aromatic rings. The van der Waals surface area contributed by atoms with Crippen LogP contribution in [0.1, 0.15) is 49.5 Å². The van der Waals surface area contributed by atoms with Gasteiger partial charge in [0.2, 0.25) is 11.9 Å². The van der Waals surface area contributed by atoms with Crippen LogP contribution in [0.4, 0.5) is 11.9 Å². The van der Waals surface area contributed by atoms with Crippen molar-refractivity contribution >= 4 is 34.9 Å². The summed E-state index contributed by atoms with van der Waals surface area (Å²) in [5, 5.41) is 5.30. The fourth-order valence-electron chi connectivity index (χ4n) is 4.09. The molecule has 0 aliphatic carbocycles. The first-order valence-electron chi connectivity index (χ1n) is 12.7. The molecule has 0 unspecified atom stereocenters. The summed E-state index contributed by atoms with van der Waals surface area (Å²) in [6.45, 7) is 7.89. The number of hydrogen-bond donors (Lipinski definition) is 1. The van der Waals surface area contributed by atoms with Crippen molar-refractivity contribution in [2.75, 3.05) is 30.0 Å². The number of aromatic nitrogens is 4. The van der Waals surface area contributed by atoms with Gasteiger partial charge in [0.05, 0.1) is 18.3 Å². The van der Waals surface area contributed by atoms with Gasteiger partial charge in [-0.2, -0.15) is 20.1 Å². The van der Waals surface area contributed by atoms with Gasteiger partial charge in [-0.15, -0.1) is 0 Å². The summed E-state index contributed by atoms with van der Waals surface area (Å²) in [7, 11) is 0. The Bertz CT molecular complexity index is 1350. The number of anilines is 2. The lowest BCUT2D eigenvalue weighted by Crippen LogP contribution is -2.27. The number of carbonyl (C=O) groups is 1. The number of rotatable bonds is 12. The Morgan fingerprint density at radius 2 is 1.76 bits per heavy atom. The van der Waals surface area contributed by atoms with Crippen LogP contribution in [0.5, 0.6) is 6.01 Å². The van der Waals surface area contributed by atoms with Crippen LogP contribution >= 0.6 is 0 Å². The van der Waals surface area contributed by atoms with Crippen molar-refractivity contribution in [2.24, 2.45) is 5.10 Å². The predicted molar refractivity (Wildman–Crippen MR) is 148 cm³/mol. The van der Waals surface area contributed by atoms with Gasteiger partial charge in [0, 0.05) is 43.6 Å². The molecule has 192 valence electrons. The van der Waals surface area contributed by atoms with E-state index in [1.807, 2.05) is 42.5 Å². The van der Waals surface area contributed by atoms with E-state index < -0.39 is 0 Å². The lowest BCUT2D eigenvalue weighted by molar-refractivity contribution is 0.0941. The summed E-state index contributed by atoms with van der Waals surface area (Å²) in [5.41, 5.74) is 5.76. The van der Waals surface area contributed by atoms with Gasteiger partial charge in [0.25, 0.3) is 5.95 Å². The SMILES string of the molecule is CCCN(CCC)c1nc(N/N=C/c2cn(C(C)=O)c3ccccc23)nc(OCCc2ccccc2)n1. The number of hydrazone groups is 1. The highest BCUT2D eigenvalue weighted by molar-refractivity contribution is 6.03. The smallest absolute Gasteiger partial charge is 0.323 e. The van der Waals surface area contributed by atoms with E-state index in [0.29, 0.717) is 18.5 Å². The number of fused-ring (bicyclic) bond motifs is 1. The van der Waals surface area contributed by atoms with Crippen molar-refractivity contribution in [3.63, 3.8) is 0 Å². The Kier molecular flexibility index (Phi) is 8.80. The quantitative estimate of drug-likeness (QED) is 0.212. The summed E-state index contributed by atoms with van der Waals surface area (Å²) in [4.78, 5) is 27.8. The summed E-state index contributed by atoms with van der Waals surface area (Å²) in [6.07, 6.45) is 6.13. The number of para-hydroxylation sites is 1. The fraction of sp³-hybridized carbons (Fsp3) is 0.321. The topological polar surface area (TPSA) is 97.5 Å². The first kappa shape index (κ1) is 25.8. The minimum absolute atomic E-state index is 0.0600. The van der Waals surface area contributed by atoms with Crippen molar-refractivity contribution in [1.29, 1.82) is 0 Å². The third kappa shape index (κ3) is 6.69. The van der Waals surface area contributed by atoms with E-state index in [0.717, 1.165) is 48.8 Å². The molecule has 0 aliphatic heterocycles. The molecular weight excluding hydrogens is 466 g/mol. The van der Waals surface area contributed by atoms with Crippen molar-refractivity contribution in [3.8, 4) is 6.01 Å². The van der Waals surface area contributed by atoms with E-state index >= 15 is 0 Å². The van der Waals surface area contributed by atoms with Crippen LogP contribution in [-0.4, -0.2) is 51.3 Å². The average molecular weight is 500 g/mol. The van der Waals surface area contributed by atoms with Crippen LogP contribution in [-0.2, 0) is 6.42 Å². The minimum Gasteiger partial charge on any atom is -0.463 e. The monoisotopic (exact) mass is 499 g/mol. The van der Waals surface area contributed by atoms with Crippen LogP contribution < -0.4 is 15.1 Å². The van der Waals surface area contributed by atoms with E-state index in [-0.39, 0.29) is 11.9 Å². The number of carbonyl (C=O) groups excluding carboxylic acids is 1. The first-order valence-corrected chi connectivity index (χ1v) is 12.7. The largest absolute Gasteiger partial charge is 0.463 e. The second-order valence-corrected chi connectivity index (χ2v) is 8.67. The maximum absolute atomic E-state index is 12.0. The second-order valence-electron chi connectivity index (χ2n) is 8.67. The lowest BCUT2D eigenvalue weighted by atomic mass is 10.2. The molecule has 0 saturated carbocycles. The summed E-state index contributed by atoms with van der Waals surface area (Å²) in [5.74, 6) is 0.790. The van der Waals surface area contributed by atoms with E-state index in [1.54, 1.807) is 17.0 Å². The number of hydrogen-bond acceptors (Lipinski definition) is 8. The number of nitrogens with zero attached hydrogens (tertiary/aromatic N) is 6. The molecule has 0 amide bonds. The van der Waals surface area contributed by atoms with E-state index in [2.05, 4.69) is 56.4 Å². The van der Waals surface area contributed by atoms with Gasteiger partial charge in [-0.25, -0.2) is 5.43 Å². The van der Waals surface area contributed by atoms with Gasteiger partial charge in [-0.3, -0.25) is 9.36 Å². The molecule has 0 aliphatic rings. The molecule has 0 radical (unpaired) electrons. The Labute approximate surface area is 217 Å². The molecule has 0 saturated heterocycles. The third-order valence-corrected chi connectivity index (χ3v) is 5.79. The Morgan fingerprint density at radius 1 is 1.03 bits per heavy atom. The minimum atomic E-state index is -0.0600. The van der Waals surface area contributed by atoms with Crippen LogP contribution in [0, 0.1) is 0 Å². The van der Waals surface area contributed by atoms with Gasteiger partial charge in [0.1, 0.15) is 0 Å². The average Bonchev–Trinajstić information content (AvgIpc) is 3.28. The van der Waals surface area contributed by atoms with Crippen LogP contribution in [0.2, 0.25) is 0 Å². The number of benzene rings is 2. The van der Waals surface area contributed by atoms with E-state index in [1.165, 1.54) is 12.5 Å². The zero-order valence-corrected chi connectivity index (χ0v) is 21.6. The molecule has 2 heterocycles. The van der Waals surface area contributed by atoms with Gasteiger partial charge in [-0.1, -0.05) is 62.4 Å². The first-order chi connectivity index (χ1) is 18.1. The molecule has 4 rings (SSSR count). The normalized spacial score (nSPS) is 11.2. The molecule has 2 aromatic heterocycles. The van der Waals surface area contributed by atoms with Gasteiger partial charge >= 0.3 is 6.01 Å².